The molecule has 0 unspecified atom stereocenters. The molecule has 3 aromatic rings. The summed E-state index contributed by atoms with van der Waals surface area (Å²) in [4.78, 5) is 22.7. The number of aryl methyl sites for hydroxylation is 2. The molecule has 0 fully saturated rings. The van der Waals surface area contributed by atoms with Gasteiger partial charge in [-0.2, -0.15) is 4.68 Å². The van der Waals surface area contributed by atoms with Gasteiger partial charge in [-0.3, -0.25) is 14.9 Å². The zero-order valence-corrected chi connectivity index (χ0v) is 15.4. The number of thioether (sulfide) groups is 1. The van der Waals surface area contributed by atoms with Gasteiger partial charge in [0.2, 0.25) is 11.1 Å². The summed E-state index contributed by atoms with van der Waals surface area (Å²) in [6.45, 7) is 3.63. The van der Waals surface area contributed by atoms with Gasteiger partial charge in [0.15, 0.2) is 0 Å². The highest BCUT2D eigenvalue weighted by molar-refractivity contribution is 7.99. The zero-order chi connectivity index (χ0) is 19.4. The van der Waals surface area contributed by atoms with E-state index in [4.69, 9.17) is 0 Å². The van der Waals surface area contributed by atoms with Crippen LogP contribution in [0, 0.1) is 24.0 Å². The van der Waals surface area contributed by atoms with Crippen molar-refractivity contribution in [3.63, 3.8) is 0 Å². The van der Waals surface area contributed by atoms with Crippen LogP contribution in [0.1, 0.15) is 11.1 Å². The molecule has 0 radical (unpaired) electrons. The molecule has 0 saturated carbocycles. The molecular weight excluding hydrogens is 368 g/mol. The van der Waals surface area contributed by atoms with Gasteiger partial charge in [-0.1, -0.05) is 35.5 Å². The van der Waals surface area contributed by atoms with Crippen molar-refractivity contribution in [2.75, 3.05) is 11.1 Å². The maximum atomic E-state index is 12.2. The normalized spacial score (nSPS) is 10.6. The Morgan fingerprint density at radius 2 is 1.96 bits per heavy atom. The smallest absolute Gasteiger partial charge is 0.274 e. The van der Waals surface area contributed by atoms with Gasteiger partial charge in [0.1, 0.15) is 0 Å². The maximum absolute atomic E-state index is 12.2. The first-order chi connectivity index (χ1) is 12.9. The number of tetrazole rings is 1. The number of nitrogens with zero attached hydrogens (tertiary/aromatic N) is 5. The van der Waals surface area contributed by atoms with Crippen molar-refractivity contribution in [2.24, 2.45) is 0 Å². The van der Waals surface area contributed by atoms with E-state index in [0.717, 1.165) is 11.3 Å². The third kappa shape index (κ3) is 4.47. The van der Waals surface area contributed by atoms with E-state index in [9.17, 15) is 14.9 Å². The first-order valence-electron chi connectivity index (χ1n) is 7.97. The quantitative estimate of drug-likeness (QED) is 0.394. The lowest BCUT2D eigenvalue weighted by molar-refractivity contribution is -0.385. The molecule has 3 rings (SSSR count). The number of anilines is 1. The minimum Gasteiger partial charge on any atom is -0.325 e. The van der Waals surface area contributed by atoms with Crippen molar-refractivity contribution in [2.45, 2.75) is 19.0 Å². The largest absolute Gasteiger partial charge is 0.325 e. The predicted octanol–water partition coefficient (Wildman–Crippen LogP) is 2.92. The number of nitro groups is 1. The van der Waals surface area contributed by atoms with E-state index in [-0.39, 0.29) is 17.3 Å². The molecule has 0 aliphatic rings. The summed E-state index contributed by atoms with van der Waals surface area (Å²) in [6.07, 6.45) is 0. The zero-order valence-electron chi connectivity index (χ0n) is 14.6. The standard InChI is InChI=1S/C17H16N6O3S/c1-11-3-7-14(8-4-11)22-17(19-20-21-22)27-10-16(24)18-13-6-5-12(2)15(9-13)23(25)26/h3-9H,10H2,1-2H3,(H,18,24). The molecule has 0 aliphatic carbocycles. The average molecular weight is 384 g/mol. The molecule has 1 aromatic heterocycles. The van der Waals surface area contributed by atoms with Crippen molar-refractivity contribution < 1.29 is 9.72 Å². The van der Waals surface area contributed by atoms with Gasteiger partial charge >= 0.3 is 0 Å². The molecular formula is C17H16N6O3S. The van der Waals surface area contributed by atoms with Gasteiger partial charge in [0.05, 0.1) is 16.4 Å². The van der Waals surface area contributed by atoms with Crippen LogP contribution in [0.2, 0.25) is 0 Å². The van der Waals surface area contributed by atoms with Crippen LogP contribution < -0.4 is 5.32 Å². The van der Waals surface area contributed by atoms with Gasteiger partial charge < -0.3 is 5.32 Å². The lowest BCUT2D eigenvalue weighted by Gasteiger charge is -2.07. The Balaban J connectivity index is 1.65. The van der Waals surface area contributed by atoms with Crippen molar-refractivity contribution in [3.05, 3.63) is 63.7 Å². The van der Waals surface area contributed by atoms with Crippen LogP contribution in [0.5, 0.6) is 0 Å². The first kappa shape index (κ1) is 18.5. The Morgan fingerprint density at radius 1 is 1.22 bits per heavy atom. The SMILES string of the molecule is Cc1ccc(-n2nnnc2SCC(=O)Nc2ccc(C)c([N+](=O)[O-])c2)cc1. The molecule has 1 amide bonds. The van der Waals surface area contributed by atoms with E-state index < -0.39 is 4.92 Å². The van der Waals surface area contributed by atoms with E-state index in [2.05, 4.69) is 20.8 Å². The van der Waals surface area contributed by atoms with Crippen LogP contribution in [0.25, 0.3) is 5.69 Å². The van der Waals surface area contributed by atoms with E-state index in [1.807, 2.05) is 31.2 Å². The fraction of sp³-hybridized carbons (Fsp3) is 0.176. The van der Waals surface area contributed by atoms with E-state index in [0.29, 0.717) is 16.4 Å². The van der Waals surface area contributed by atoms with E-state index in [1.54, 1.807) is 23.7 Å². The van der Waals surface area contributed by atoms with Crippen LogP contribution in [-0.4, -0.2) is 36.8 Å². The third-order valence-corrected chi connectivity index (χ3v) is 4.66. The number of aromatic nitrogens is 4. The Bertz CT molecular complexity index is 987. The lowest BCUT2D eigenvalue weighted by atomic mass is 10.2. The summed E-state index contributed by atoms with van der Waals surface area (Å²) in [7, 11) is 0. The summed E-state index contributed by atoms with van der Waals surface area (Å²) in [6, 6.07) is 12.2. The Morgan fingerprint density at radius 3 is 2.67 bits per heavy atom. The van der Waals surface area contributed by atoms with Crippen molar-refractivity contribution in [3.8, 4) is 5.69 Å². The summed E-state index contributed by atoms with van der Waals surface area (Å²) < 4.78 is 1.55. The molecule has 138 valence electrons. The van der Waals surface area contributed by atoms with Gasteiger partial charge in [-0.15, -0.1) is 5.10 Å². The van der Waals surface area contributed by atoms with Crippen LogP contribution in [0.4, 0.5) is 11.4 Å². The highest BCUT2D eigenvalue weighted by Crippen LogP contribution is 2.23. The van der Waals surface area contributed by atoms with Crippen molar-refractivity contribution in [1.82, 2.24) is 20.2 Å². The summed E-state index contributed by atoms with van der Waals surface area (Å²) in [5.74, 6) is -0.245. The number of benzene rings is 2. The van der Waals surface area contributed by atoms with Crippen LogP contribution >= 0.6 is 11.8 Å². The monoisotopic (exact) mass is 384 g/mol. The van der Waals surface area contributed by atoms with Gasteiger partial charge in [0.25, 0.3) is 5.69 Å². The highest BCUT2D eigenvalue weighted by Gasteiger charge is 2.14. The number of carbonyl (C=O) groups is 1. The molecule has 0 aliphatic heterocycles. The molecule has 0 spiro atoms. The number of nitrogens with one attached hydrogen (secondary N) is 1. The number of rotatable bonds is 6. The van der Waals surface area contributed by atoms with Crippen molar-refractivity contribution >= 4 is 29.0 Å². The number of amides is 1. The van der Waals surface area contributed by atoms with Gasteiger partial charge in [-0.25, -0.2) is 0 Å². The van der Waals surface area contributed by atoms with E-state index >= 15 is 0 Å². The molecule has 27 heavy (non-hydrogen) atoms. The molecule has 0 saturated heterocycles. The molecule has 9 nitrogen and oxygen atoms in total. The van der Waals surface area contributed by atoms with E-state index in [1.165, 1.54) is 17.8 Å². The topological polar surface area (TPSA) is 116 Å². The Hall–Kier alpha value is -3.27. The van der Waals surface area contributed by atoms with Crippen LogP contribution in [-0.2, 0) is 4.79 Å². The van der Waals surface area contributed by atoms with Gasteiger partial charge in [0, 0.05) is 17.3 Å². The number of hydrogen-bond donors (Lipinski definition) is 1. The first-order valence-corrected chi connectivity index (χ1v) is 8.96. The average Bonchev–Trinajstić information content (AvgIpc) is 3.10. The molecule has 10 heteroatoms. The van der Waals surface area contributed by atoms with Crippen molar-refractivity contribution in [1.29, 1.82) is 0 Å². The number of hydrogen-bond acceptors (Lipinski definition) is 7. The fourth-order valence-corrected chi connectivity index (χ4v) is 3.02. The summed E-state index contributed by atoms with van der Waals surface area (Å²) in [5.41, 5.74) is 2.78. The lowest BCUT2D eigenvalue weighted by Crippen LogP contribution is -2.15. The van der Waals surface area contributed by atoms with Gasteiger partial charge in [-0.05, 0) is 42.5 Å². The second kappa shape index (κ2) is 7.96. The van der Waals surface area contributed by atoms with Crippen LogP contribution in [0.3, 0.4) is 0 Å². The Kier molecular flexibility index (Phi) is 5.46. The molecule has 2 aromatic carbocycles. The molecule has 1 N–H and O–H groups in total. The fourth-order valence-electron chi connectivity index (χ4n) is 2.33. The second-order valence-corrected chi connectivity index (χ2v) is 6.75. The highest BCUT2D eigenvalue weighted by atomic mass is 32.2. The maximum Gasteiger partial charge on any atom is 0.274 e. The summed E-state index contributed by atoms with van der Waals surface area (Å²) >= 11 is 1.17. The molecule has 0 bridgehead atoms. The second-order valence-electron chi connectivity index (χ2n) is 5.80. The molecule has 0 atom stereocenters. The summed E-state index contributed by atoms with van der Waals surface area (Å²) in [5, 5.41) is 25.7. The number of carbonyl (C=O) groups excluding carboxylic acids is 1. The van der Waals surface area contributed by atoms with Crippen LogP contribution in [0.15, 0.2) is 47.6 Å². The minimum atomic E-state index is -0.477. The predicted molar refractivity (Wildman–Crippen MR) is 101 cm³/mol. The molecule has 1 heterocycles. The third-order valence-electron chi connectivity index (χ3n) is 3.74. The Labute approximate surface area is 158 Å². The number of nitro benzene ring substituents is 1. The minimum absolute atomic E-state index is 0.0382.